The minimum absolute atomic E-state index is 0.209. The highest BCUT2D eigenvalue weighted by Gasteiger charge is 2.09. The summed E-state index contributed by atoms with van der Waals surface area (Å²) in [4.78, 5) is 0. The zero-order chi connectivity index (χ0) is 10.6. The molecule has 0 radical (unpaired) electrons. The Morgan fingerprint density at radius 2 is 2.29 bits per heavy atom. The molecule has 2 N–H and O–H groups in total. The number of allylic oxidation sites excluding steroid dienone is 6. The van der Waals surface area contributed by atoms with E-state index in [9.17, 15) is 4.39 Å². The molecule has 1 nitrogen and oxygen atoms in total. The van der Waals surface area contributed by atoms with Crippen LogP contribution in [0.4, 0.5) is 4.39 Å². The van der Waals surface area contributed by atoms with Gasteiger partial charge in [0.1, 0.15) is 5.83 Å². The van der Waals surface area contributed by atoms with Crippen LogP contribution in [0.2, 0.25) is 0 Å². The van der Waals surface area contributed by atoms with Gasteiger partial charge in [0.15, 0.2) is 0 Å². The summed E-state index contributed by atoms with van der Waals surface area (Å²) >= 11 is 0. The lowest BCUT2D eigenvalue weighted by Gasteiger charge is -2.12. The van der Waals surface area contributed by atoms with E-state index in [1.165, 1.54) is 6.08 Å². The summed E-state index contributed by atoms with van der Waals surface area (Å²) in [6.07, 6.45) is 7.80. The standard InChI is InChI=1S/C12H14FN/c1-3-5-12(14)9(2)10-6-4-7-11(13)8-10/h3,5,7-8H,1-2,4,6,14H2/b12-5+. The predicted octanol–water partition coefficient (Wildman–Crippen LogP) is 3.14. The third-order valence-corrected chi connectivity index (χ3v) is 2.10. The van der Waals surface area contributed by atoms with Gasteiger partial charge in [0.25, 0.3) is 0 Å². The number of nitrogens with two attached hydrogens (primary N) is 1. The number of hydrogen-bond donors (Lipinski definition) is 1. The summed E-state index contributed by atoms with van der Waals surface area (Å²) in [5.74, 6) is -0.209. The van der Waals surface area contributed by atoms with Crippen LogP contribution in [0, 0.1) is 0 Å². The van der Waals surface area contributed by atoms with Crippen molar-refractivity contribution in [3.63, 3.8) is 0 Å². The number of hydrogen-bond acceptors (Lipinski definition) is 1. The first-order valence-corrected chi connectivity index (χ1v) is 4.49. The molecule has 74 valence electrons. The Labute approximate surface area is 83.8 Å². The third-order valence-electron chi connectivity index (χ3n) is 2.10. The van der Waals surface area contributed by atoms with Crippen LogP contribution in [0.15, 0.2) is 60.1 Å². The zero-order valence-electron chi connectivity index (χ0n) is 8.09. The van der Waals surface area contributed by atoms with Crippen LogP contribution in [0.1, 0.15) is 12.8 Å². The zero-order valence-corrected chi connectivity index (χ0v) is 8.09. The van der Waals surface area contributed by atoms with E-state index in [0.29, 0.717) is 17.7 Å². The molecule has 1 aliphatic carbocycles. The van der Waals surface area contributed by atoms with Crippen LogP contribution in [0.5, 0.6) is 0 Å². The van der Waals surface area contributed by atoms with Gasteiger partial charge >= 0.3 is 0 Å². The van der Waals surface area contributed by atoms with E-state index < -0.39 is 0 Å². The average molecular weight is 191 g/mol. The Kier molecular flexibility index (Phi) is 3.46. The molecule has 14 heavy (non-hydrogen) atoms. The Balaban J connectivity index is 2.85. The summed E-state index contributed by atoms with van der Waals surface area (Å²) in [5, 5.41) is 0. The Morgan fingerprint density at radius 3 is 2.86 bits per heavy atom. The van der Waals surface area contributed by atoms with Gasteiger partial charge < -0.3 is 5.73 Å². The minimum Gasteiger partial charge on any atom is -0.398 e. The lowest BCUT2D eigenvalue weighted by Crippen LogP contribution is -2.04. The second-order valence-corrected chi connectivity index (χ2v) is 3.13. The van der Waals surface area contributed by atoms with Crippen molar-refractivity contribution in [1.29, 1.82) is 0 Å². The fraction of sp³-hybridized carbons (Fsp3) is 0.167. The first-order chi connectivity index (χ1) is 6.65. The molecular formula is C12H14FN. The quantitative estimate of drug-likeness (QED) is 0.681. The van der Waals surface area contributed by atoms with Crippen molar-refractivity contribution >= 4 is 0 Å². The third kappa shape index (κ3) is 2.46. The fourth-order valence-corrected chi connectivity index (χ4v) is 1.31. The number of halogens is 1. The summed E-state index contributed by atoms with van der Waals surface area (Å²) in [7, 11) is 0. The lowest BCUT2D eigenvalue weighted by atomic mass is 9.96. The molecule has 0 aromatic heterocycles. The molecule has 0 atom stereocenters. The highest BCUT2D eigenvalue weighted by atomic mass is 19.1. The molecule has 0 unspecified atom stereocenters. The molecule has 0 fully saturated rings. The van der Waals surface area contributed by atoms with E-state index in [-0.39, 0.29) is 5.83 Å². The summed E-state index contributed by atoms with van der Waals surface area (Å²) in [5.41, 5.74) is 7.80. The van der Waals surface area contributed by atoms with Crippen LogP contribution < -0.4 is 5.73 Å². The molecule has 0 saturated heterocycles. The maximum absolute atomic E-state index is 12.9. The SMILES string of the molecule is C=C/C=C(/N)C(=C)C1=CC(F)=CCC1. The molecule has 0 spiro atoms. The van der Waals surface area contributed by atoms with E-state index in [1.54, 1.807) is 18.2 Å². The van der Waals surface area contributed by atoms with E-state index in [0.717, 1.165) is 12.0 Å². The Hall–Kier alpha value is -1.57. The van der Waals surface area contributed by atoms with Gasteiger partial charge in [-0.1, -0.05) is 19.2 Å². The molecule has 0 bridgehead atoms. The Morgan fingerprint density at radius 1 is 1.57 bits per heavy atom. The largest absolute Gasteiger partial charge is 0.398 e. The van der Waals surface area contributed by atoms with Crippen LogP contribution in [-0.2, 0) is 0 Å². The predicted molar refractivity (Wildman–Crippen MR) is 58.1 cm³/mol. The van der Waals surface area contributed by atoms with Crippen molar-refractivity contribution in [1.82, 2.24) is 0 Å². The summed E-state index contributed by atoms with van der Waals surface area (Å²) < 4.78 is 12.9. The van der Waals surface area contributed by atoms with Crippen LogP contribution in [-0.4, -0.2) is 0 Å². The van der Waals surface area contributed by atoms with Gasteiger partial charge in [0.2, 0.25) is 0 Å². The van der Waals surface area contributed by atoms with E-state index >= 15 is 0 Å². The van der Waals surface area contributed by atoms with Crippen molar-refractivity contribution in [2.45, 2.75) is 12.8 Å². The molecule has 0 aromatic rings. The second kappa shape index (κ2) is 4.61. The van der Waals surface area contributed by atoms with Crippen LogP contribution in [0.25, 0.3) is 0 Å². The van der Waals surface area contributed by atoms with Crippen molar-refractivity contribution < 1.29 is 4.39 Å². The van der Waals surface area contributed by atoms with Gasteiger partial charge in [0.05, 0.1) is 0 Å². The highest BCUT2D eigenvalue weighted by Crippen LogP contribution is 2.25. The van der Waals surface area contributed by atoms with Gasteiger partial charge in [-0.25, -0.2) is 4.39 Å². The van der Waals surface area contributed by atoms with Crippen LogP contribution in [0.3, 0.4) is 0 Å². The van der Waals surface area contributed by atoms with Crippen LogP contribution >= 0.6 is 0 Å². The smallest absolute Gasteiger partial charge is 0.119 e. The van der Waals surface area contributed by atoms with Gasteiger partial charge in [-0.15, -0.1) is 0 Å². The topological polar surface area (TPSA) is 26.0 Å². The van der Waals surface area contributed by atoms with Crippen molar-refractivity contribution in [3.05, 3.63) is 60.1 Å². The fourth-order valence-electron chi connectivity index (χ4n) is 1.31. The molecule has 1 rings (SSSR count). The van der Waals surface area contributed by atoms with E-state index in [1.807, 2.05) is 0 Å². The Bertz CT molecular complexity index is 345. The second-order valence-electron chi connectivity index (χ2n) is 3.13. The molecule has 0 aromatic carbocycles. The molecule has 0 amide bonds. The van der Waals surface area contributed by atoms with Crippen molar-refractivity contribution in [3.8, 4) is 0 Å². The van der Waals surface area contributed by atoms with Gasteiger partial charge in [0, 0.05) is 5.70 Å². The van der Waals surface area contributed by atoms with E-state index in [2.05, 4.69) is 13.2 Å². The first-order valence-electron chi connectivity index (χ1n) is 4.49. The van der Waals surface area contributed by atoms with Crippen molar-refractivity contribution in [2.75, 3.05) is 0 Å². The number of rotatable bonds is 3. The molecule has 2 heteroatoms. The first kappa shape index (κ1) is 10.5. The molecule has 0 saturated carbocycles. The average Bonchev–Trinajstić information content (AvgIpc) is 2.17. The minimum atomic E-state index is -0.209. The molecule has 1 aliphatic rings. The molecule has 0 aliphatic heterocycles. The monoisotopic (exact) mass is 191 g/mol. The molecule has 0 heterocycles. The summed E-state index contributed by atoms with van der Waals surface area (Å²) in [6, 6.07) is 0. The maximum Gasteiger partial charge on any atom is 0.119 e. The van der Waals surface area contributed by atoms with Crippen molar-refractivity contribution in [2.24, 2.45) is 5.73 Å². The normalized spacial score (nSPS) is 17.1. The summed E-state index contributed by atoms with van der Waals surface area (Å²) in [6.45, 7) is 7.37. The van der Waals surface area contributed by atoms with Gasteiger partial charge in [-0.05, 0) is 42.2 Å². The maximum atomic E-state index is 12.9. The van der Waals surface area contributed by atoms with E-state index in [4.69, 9.17) is 5.73 Å². The van der Waals surface area contributed by atoms with Gasteiger partial charge in [-0.3, -0.25) is 0 Å². The van der Waals surface area contributed by atoms with Gasteiger partial charge in [-0.2, -0.15) is 0 Å². The molecular weight excluding hydrogens is 177 g/mol. The highest BCUT2D eigenvalue weighted by molar-refractivity contribution is 5.47. The lowest BCUT2D eigenvalue weighted by molar-refractivity contribution is 0.648.